The van der Waals surface area contributed by atoms with E-state index in [4.69, 9.17) is 4.74 Å². The highest BCUT2D eigenvalue weighted by Gasteiger charge is 2.23. The van der Waals surface area contributed by atoms with Gasteiger partial charge in [-0.3, -0.25) is 10.1 Å². The molecule has 0 saturated heterocycles. The molecule has 1 aromatic carbocycles. The Morgan fingerprint density at radius 1 is 1.33 bits per heavy atom. The van der Waals surface area contributed by atoms with Crippen LogP contribution in [0.2, 0.25) is 0 Å². The highest BCUT2D eigenvalue weighted by molar-refractivity contribution is 9.10. The number of thiophene rings is 1. The largest absolute Gasteiger partial charge is 0.440 e. The van der Waals surface area contributed by atoms with Crippen LogP contribution in [0.5, 0.6) is 10.8 Å². The monoisotopic (exact) mass is 371 g/mol. The first-order valence-corrected chi connectivity index (χ1v) is 7.81. The van der Waals surface area contributed by atoms with Crippen LogP contribution in [0.1, 0.15) is 29.0 Å². The summed E-state index contributed by atoms with van der Waals surface area (Å²) in [5.41, 5.74) is 1.84. The third kappa shape index (κ3) is 3.42. The summed E-state index contributed by atoms with van der Waals surface area (Å²) in [4.78, 5) is 11.1. The number of hydrogen-bond donors (Lipinski definition) is 1. The lowest BCUT2D eigenvalue weighted by Gasteiger charge is -2.08. The molecule has 7 heteroatoms. The van der Waals surface area contributed by atoms with Crippen molar-refractivity contribution in [2.24, 2.45) is 0 Å². The summed E-state index contributed by atoms with van der Waals surface area (Å²) in [6.45, 7) is 5.41. The van der Waals surface area contributed by atoms with Crippen molar-refractivity contribution in [1.82, 2.24) is 0 Å². The van der Waals surface area contributed by atoms with E-state index >= 15 is 0 Å². The Bertz CT molecular complexity index is 673. The van der Waals surface area contributed by atoms with E-state index in [0.717, 1.165) is 26.9 Å². The molecule has 0 saturated carbocycles. The number of halogens is 1. The van der Waals surface area contributed by atoms with Crippen molar-refractivity contribution >= 4 is 33.0 Å². The predicted octanol–water partition coefficient (Wildman–Crippen LogP) is 4.88. The molecular formula is C14H14BrNO4S. The molecule has 1 aromatic heterocycles. The zero-order valence-electron chi connectivity index (χ0n) is 11.7. The number of aliphatic hydroxyl groups is 1. The van der Waals surface area contributed by atoms with E-state index < -0.39 is 11.0 Å². The molecule has 2 aromatic rings. The van der Waals surface area contributed by atoms with E-state index in [-0.39, 0.29) is 10.8 Å². The number of aliphatic hydroxyl groups excluding tert-OH is 1. The van der Waals surface area contributed by atoms with Crippen LogP contribution in [0, 0.1) is 24.0 Å². The summed E-state index contributed by atoms with van der Waals surface area (Å²) in [6, 6.07) is 4.97. The number of nitro groups is 1. The van der Waals surface area contributed by atoms with Crippen LogP contribution in [-0.2, 0) is 0 Å². The van der Waals surface area contributed by atoms with Crippen LogP contribution in [-0.4, -0.2) is 10.0 Å². The van der Waals surface area contributed by atoms with Crippen LogP contribution >= 0.6 is 27.3 Å². The molecule has 0 fully saturated rings. The van der Waals surface area contributed by atoms with E-state index in [1.807, 2.05) is 26.0 Å². The molecule has 1 unspecified atom stereocenters. The van der Waals surface area contributed by atoms with Crippen molar-refractivity contribution in [2.75, 3.05) is 0 Å². The van der Waals surface area contributed by atoms with Crippen molar-refractivity contribution in [3.8, 4) is 10.8 Å². The van der Waals surface area contributed by atoms with Gasteiger partial charge in [-0.15, -0.1) is 0 Å². The summed E-state index contributed by atoms with van der Waals surface area (Å²) >= 11 is 4.55. The Labute approximate surface area is 134 Å². The van der Waals surface area contributed by atoms with E-state index in [9.17, 15) is 15.2 Å². The first-order valence-electron chi connectivity index (χ1n) is 6.20. The molecule has 112 valence electrons. The molecular weight excluding hydrogens is 358 g/mol. The van der Waals surface area contributed by atoms with E-state index in [0.29, 0.717) is 10.6 Å². The lowest BCUT2D eigenvalue weighted by molar-refractivity contribution is -0.385. The van der Waals surface area contributed by atoms with Gasteiger partial charge in [0.05, 0.1) is 11.0 Å². The molecule has 0 radical (unpaired) electrons. The summed E-state index contributed by atoms with van der Waals surface area (Å²) in [5, 5.41) is 20.8. The fraction of sp³-hybridized carbons (Fsp3) is 0.286. The number of ether oxygens (including phenoxy) is 1. The first kappa shape index (κ1) is 15.9. The minimum absolute atomic E-state index is 0.130. The second kappa shape index (κ2) is 6.13. The molecule has 0 spiro atoms. The van der Waals surface area contributed by atoms with Gasteiger partial charge in [-0.2, -0.15) is 0 Å². The van der Waals surface area contributed by atoms with Crippen molar-refractivity contribution in [3.05, 3.63) is 48.8 Å². The van der Waals surface area contributed by atoms with Crippen LogP contribution in [0.4, 0.5) is 5.69 Å². The molecule has 2 rings (SSSR count). The second-order valence-corrected chi connectivity index (χ2v) is 6.57. The van der Waals surface area contributed by atoms with Crippen LogP contribution < -0.4 is 4.74 Å². The summed E-state index contributed by atoms with van der Waals surface area (Å²) in [6.07, 6.45) is -0.764. The third-order valence-corrected chi connectivity index (χ3v) is 5.35. The Kier molecular flexibility index (Phi) is 4.65. The molecule has 5 nitrogen and oxygen atoms in total. The number of benzene rings is 1. The average Bonchev–Trinajstić information content (AvgIpc) is 2.80. The van der Waals surface area contributed by atoms with E-state index in [1.165, 1.54) is 6.07 Å². The maximum Gasteiger partial charge on any atom is 0.323 e. The standard InChI is InChI=1S/C14H14BrNO4S/c1-7-4-10(5-8(2)13(7)15)20-14-11(16(18)19)6-12(21-14)9(3)17/h4-6,9,17H,1-3H3. The summed E-state index contributed by atoms with van der Waals surface area (Å²) in [5.74, 6) is 0.537. The van der Waals surface area contributed by atoms with Gasteiger partial charge in [0.2, 0.25) is 0 Å². The van der Waals surface area contributed by atoms with Gasteiger partial charge in [0.15, 0.2) is 0 Å². The Morgan fingerprint density at radius 2 is 1.90 bits per heavy atom. The fourth-order valence-corrected chi connectivity index (χ4v) is 3.02. The molecule has 0 aliphatic carbocycles. The van der Waals surface area contributed by atoms with Gasteiger partial charge < -0.3 is 9.84 Å². The molecule has 0 aliphatic heterocycles. The SMILES string of the molecule is Cc1cc(Oc2sc(C(C)O)cc2[N+](=O)[O-])cc(C)c1Br. The maximum absolute atomic E-state index is 11.1. The van der Waals surface area contributed by atoms with Crippen LogP contribution in [0.3, 0.4) is 0 Å². The van der Waals surface area contributed by atoms with E-state index in [1.54, 1.807) is 6.92 Å². The number of aryl methyl sites for hydroxylation is 2. The highest BCUT2D eigenvalue weighted by atomic mass is 79.9. The normalized spacial score (nSPS) is 12.2. The number of rotatable bonds is 4. The first-order chi connectivity index (χ1) is 9.79. The van der Waals surface area contributed by atoms with Gasteiger partial charge in [0.25, 0.3) is 5.06 Å². The van der Waals surface area contributed by atoms with Gasteiger partial charge >= 0.3 is 5.69 Å². The quantitative estimate of drug-likeness (QED) is 0.613. The Hall–Kier alpha value is -1.44. The van der Waals surface area contributed by atoms with Gasteiger partial charge in [0.1, 0.15) is 5.75 Å². The van der Waals surface area contributed by atoms with Crippen LogP contribution in [0.25, 0.3) is 0 Å². The molecule has 1 atom stereocenters. The minimum atomic E-state index is -0.764. The molecule has 21 heavy (non-hydrogen) atoms. The fourth-order valence-electron chi connectivity index (χ4n) is 1.86. The van der Waals surface area contributed by atoms with Crippen molar-refractivity contribution < 1.29 is 14.8 Å². The predicted molar refractivity (Wildman–Crippen MR) is 85.3 cm³/mol. The van der Waals surface area contributed by atoms with Crippen molar-refractivity contribution in [2.45, 2.75) is 26.9 Å². The Morgan fingerprint density at radius 3 is 2.38 bits per heavy atom. The zero-order chi connectivity index (χ0) is 15.7. The number of hydrogen-bond acceptors (Lipinski definition) is 5. The Balaban J connectivity index is 2.41. The topological polar surface area (TPSA) is 72.6 Å². The summed E-state index contributed by atoms with van der Waals surface area (Å²) in [7, 11) is 0. The van der Waals surface area contributed by atoms with Gasteiger partial charge in [-0.1, -0.05) is 27.3 Å². The summed E-state index contributed by atoms with van der Waals surface area (Å²) < 4.78 is 6.65. The minimum Gasteiger partial charge on any atom is -0.440 e. The maximum atomic E-state index is 11.1. The lowest BCUT2D eigenvalue weighted by Crippen LogP contribution is -1.91. The molecule has 1 heterocycles. The number of nitrogens with zero attached hydrogens (tertiary/aromatic N) is 1. The van der Waals surface area contributed by atoms with Crippen LogP contribution in [0.15, 0.2) is 22.7 Å². The highest BCUT2D eigenvalue weighted by Crippen LogP contribution is 2.42. The third-order valence-electron chi connectivity index (χ3n) is 2.93. The molecule has 1 N–H and O–H groups in total. The van der Waals surface area contributed by atoms with Crippen molar-refractivity contribution in [1.29, 1.82) is 0 Å². The zero-order valence-corrected chi connectivity index (χ0v) is 14.1. The van der Waals surface area contributed by atoms with Gasteiger partial charge in [-0.05, 0) is 44.0 Å². The van der Waals surface area contributed by atoms with Gasteiger partial charge in [-0.25, -0.2) is 0 Å². The molecule has 0 aliphatic rings. The molecule has 0 amide bonds. The van der Waals surface area contributed by atoms with Crippen molar-refractivity contribution in [3.63, 3.8) is 0 Å². The second-order valence-electron chi connectivity index (χ2n) is 4.73. The smallest absolute Gasteiger partial charge is 0.323 e. The lowest BCUT2D eigenvalue weighted by atomic mass is 10.1. The molecule has 0 bridgehead atoms. The van der Waals surface area contributed by atoms with E-state index in [2.05, 4.69) is 15.9 Å². The average molecular weight is 372 g/mol. The van der Waals surface area contributed by atoms with Gasteiger partial charge in [0, 0.05) is 15.4 Å².